The van der Waals surface area contributed by atoms with E-state index in [1.54, 1.807) is 24.3 Å². The lowest BCUT2D eigenvalue weighted by atomic mass is 10.1. The second kappa shape index (κ2) is 10.7. The maximum Gasteiger partial charge on any atom is 0.251 e. The number of benzene rings is 2. The van der Waals surface area contributed by atoms with E-state index in [1.807, 2.05) is 36.4 Å². The molecule has 0 spiro atoms. The third-order valence-electron chi connectivity index (χ3n) is 3.65. The van der Waals surface area contributed by atoms with Crippen molar-refractivity contribution < 1.29 is 14.4 Å². The number of hydrogen-bond donors (Lipinski definition) is 3. The lowest BCUT2D eigenvalue weighted by Crippen LogP contribution is -2.36. The van der Waals surface area contributed by atoms with E-state index >= 15 is 0 Å². The maximum absolute atomic E-state index is 11.8. The first kappa shape index (κ1) is 19.2. The molecule has 2 rings (SSSR count). The third kappa shape index (κ3) is 7.17. The number of amides is 3. The molecule has 0 aliphatic heterocycles. The van der Waals surface area contributed by atoms with Crippen molar-refractivity contribution in [2.45, 2.75) is 12.8 Å². The van der Waals surface area contributed by atoms with Crippen molar-refractivity contribution in [2.75, 3.05) is 19.6 Å². The predicted octanol–water partition coefficient (Wildman–Crippen LogP) is 1.28. The summed E-state index contributed by atoms with van der Waals surface area (Å²) in [5.74, 6) is -0.453. The highest BCUT2D eigenvalue weighted by Crippen LogP contribution is 1.99. The second-order valence-electron chi connectivity index (χ2n) is 5.73. The van der Waals surface area contributed by atoms with E-state index in [2.05, 4.69) is 16.0 Å². The monoisotopic (exact) mass is 353 g/mol. The Morgan fingerprint density at radius 3 is 1.92 bits per heavy atom. The van der Waals surface area contributed by atoms with Gasteiger partial charge in [0.2, 0.25) is 11.8 Å². The molecule has 2 aromatic rings. The fraction of sp³-hybridized carbons (Fsp3) is 0.250. The van der Waals surface area contributed by atoms with Crippen LogP contribution in [0.3, 0.4) is 0 Å². The maximum atomic E-state index is 11.8. The smallest absolute Gasteiger partial charge is 0.251 e. The molecular formula is C20H23N3O3. The van der Waals surface area contributed by atoms with Gasteiger partial charge < -0.3 is 16.0 Å². The van der Waals surface area contributed by atoms with E-state index < -0.39 is 0 Å². The van der Waals surface area contributed by atoms with Crippen LogP contribution in [0.15, 0.2) is 60.7 Å². The molecule has 0 radical (unpaired) electrons. The van der Waals surface area contributed by atoms with Gasteiger partial charge in [-0.25, -0.2) is 0 Å². The molecule has 2 aromatic carbocycles. The molecule has 0 aliphatic carbocycles. The quantitative estimate of drug-likeness (QED) is 0.594. The van der Waals surface area contributed by atoms with E-state index in [9.17, 15) is 14.4 Å². The van der Waals surface area contributed by atoms with Crippen LogP contribution in [0.4, 0.5) is 0 Å². The zero-order valence-corrected chi connectivity index (χ0v) is 14.5. The van der Waals surface area contributed by atoms with Gasteiger partial charge in [0.05, 0.1) is 6.42 Å². The highest BCUT2D eigenvalue weighted by molar-refractivity contribution is 5.94. The Kier molecular flexibility index (Phi) is 7.86. The Balaban J connectivity index is 1.53. The zero-order valence-electron chi connectivity index (χ0n) is 14.5. The molecule has 3 N–H and O–H groups in total. The standard InChI is InChI=1S/C20H23N3O3/c24-18(11-12-21-19(25)15-16-7-3-1-4-8-16)22-13-14-23-20(26)17-9-5-2-6-10-17/h1-10H,11-15H2,(H,21,25)(H,22,24)(H,23,26). The molecular weight excluding hydrogens is 330 g/mol. The molecule has 0 fully saturated rings. The first-order valence-electron chi connectivity index (χ1n) is 8.56. The summed E-state index contributed by atoms with van der Waals surface area (Å²) in [6, 6.07) is 18.3. The van der Waals surface area contributed by atoms with E-state index in [4.69, 9.17) is 0 Å². The Hall–Kier alpha value is -3.15. The molecule has 0 saturated heterocycles. The van der Waals surface area contributed by atoms with Crippen LogP contribution < -0.4 is 16.0 Å². The van der Waals surface area contributed by atoms with Crippen LogP contribution in [-0.4, -0.2) is 37.4 Å². The van der Waals surface area contributed by atoms with Crippen LogP contribution in [0.2, 0.25) is 0 Å². The molecule has 26 heavy (non-hydrogen) atoms. The topological polar surface area (TPSA) is 87.3 Å². The van der Waals surface area contributed by atoms with E-state index in [1.165, 1.54) is 0 Å². The normalized spacial score (nSPS) is 10.0. The first-order valence-corrected chi connectivity index (χ1v) is 8.56. The largest absolute Gasteiger partial charge is 0.355 e. The van der Waals surface area contributed by atoms with Crippen molar-refractivity contribution in [1.29, 1.82) is 0 Å². The molecule has 0 saturated carbocycles. The van der Waals surface area contributed by atoms with Gasteiger partial charge in [0.1, 0.15) is 0 Å². The van der Waals surface area contributed by atoms with Crippen molar-refractivity contribution in [3.63, 3.8) is 0 Å². The lowest BCUT2D eigenvalue weighted by molar-refractivity contribution is -0.122. The van der Waals surface area contributed by atoms with Crippen LogP contribution in [0.5, 0.6) is 0 Å². The van der Waals surface area contributed by atoms with Crippen molar-refractivity contribution in [3.05, 3.63) is 71.8 Å². The van der Waals surface area contributed by atoms with Gasteiger partial charge >= 0.3 is 0 Å². The molecule has 0 aromatic heterocycles. The summed E-state index contributed by atoms with van der Waals surface area (Å²) in [5, 5.41) is 8.16. The zero-order chi connectivity index (χ0) is 18.6. The van der Waals surface area contributed by atoms with Crippen molar-refractivity contribution in [2.24, 2.45) is 0 Å². The first-order chi connectivity index (χ1) is 12.6. The predicted molar refractivity (Wildman–Crippen MR) is 99.6 cm³/mol. The highest BCUT2D eigenvalue weighted by atomic mass is 16.2. The Morgan fingerprint density at radius 1 is 0.654 bits per heavy atom. The van der Waals surface area contributed by atoms with E-state index in [0.717, 1.165) is 5.56 Å². The number of rotatable bonds is 9. The van der Waals surface area contributed by atoms with Crippen LogP contribution in [-0.2, 0) is 16.0 Å². The van der Waals surface area contributed by atoms with Gasteiger partial charge in [0.15, 0.2) is 0 Å². The minimum absolute atomic E-state index is 0.112. The summed E-state index contributed by atoms with van der Waals surface area (Å²) >= 11 is 0. The number of nitrogens with one attached hydrogen (secondary N) is 3. The van der Waals surface area contributed by atoms with Crippen LogP contribution in [0.1, 0.15) is 22.3 Å². The Morgan fingerprint density at radius 2 is 1.23 bits per heavy atom. The Labute approximate surface area is 153 Å². The average Bonchev–Trinajstić information content (AvgIpc) is 2.66. The number of carbonyl (C=O) groups excluding carboxylic acids is 3. The number of hydrogen-bond acceptors (Lipinski definition) is 3. The van der Waals surface area contributed by atoms with Crippen molar-refractivity contribution in [3.8, 4) is 0 Å². The fourth-order valence-electron chi connectivity index (χ4n) is 2.32. The molecule has 0 bridgehead atoms. The van der Waals surface area contributed by atoms with Gasteiger partial charge in [0.25, 0.3) is 5.91 Å². The average molecular weight is 353 g/mol. The van der Waals surface area contributed by atoms with Gasteiger partial charge in [-0.1, -0.05) is 48.5 Å². The van der Waals surface area contributed by atoms with Gasteiger partial charge in [-0.2, -0.15) is 0 Å². The molecule has 0 aliphatic rings. The van der Waals surface area contributed by atoms with Gasteiger partial charge in [-0.15, -0.1) is 0 Å². The van der Waals surface area contributed by atoms with Crippen LogP contribution >= 0.6 is 0 Å². The molecule has 0 unspecified atom stereocenters. The summed E-state index contributed by atoms with van der Waals surface area (Å²) in [7, 11) is 0. The molecule has 136 valence electrons. The second-order valence-corrected chi connectivity index (χ2v) is 5.73. The minimum atomic E-state index is -0.173. The van der Waals surface area contributed by atoms with Gasteiger partial charge in [0, 0.05) is 31.6 Å². The summed E-state index contributed by atoms with van der Waals surface area (Å²) in [6.07, 6.45) is 0.501. The van der Waals surface area contributed by atoms with Crippen LogP contribution in [0, 0.1) is 0 Å². The summed E-state index contributed by atoms with van der Waals surface area (Å²) in [5.41, 5.74) is 1.52. The molecule has 0 heterocycles. The summed E-state index contributed by atoms with van der Waals surface area (Å²) in [6.45, 7) is 0.975. The third-order valence-corrected chi connectivity index (χ3v) is 3.65. The molecule has 6 heteroatoms. The molecule has 6 nitrogen and oxygen atoms in total. The minimum Gasteiger partial charge on any atom is -0.355 e. The molecule has 0 atom stereocenters. The highest BCUT2D eigenvalue weighted by Gasteiger charge is 2.06. The Bertz CT molecular complexity index is 718. The van der Waals surface area contributed by atoms with Gasteiger partial charge in [-0.3, -0.25) is 14.4 Å². The van der Waals surface area contributed by atoms with Gasteiger partial charge in [-0.05, 0) is 17.7 Å². The summed E-state index contributed by atoms with van der Waals surface area (Å²) < 4.78 is 0. The number of carbonyl (C=O) groups is 3. The van der Waals surface area contributed by atoms with Crippen molar-refractivity contribution in [1.82, 2.24) is 16.0 Å². The SMILES string of the molecule is O=C(CCNC(=O)Cc1ccccc1)NCCNC(=O)c1ccccc1. The lowest BCUT2D eigenvalue weighted by Gasteiger charge is -2.08. The fourth-order valence-corrected chi connectivity index (χ4v) is 2.32. The molecule has 3 amide bonds. The van der Waals surface area contributed by atoms with E-state index in [0.29, 0.717) is 25.1 Å². The van der Waals surface area contributed by atoms with Crippen LogP contribution in [0.25, 0.3) is 0 Å². The summed E-state index contributed by atoms with van der Waals surface area (Å²) in [4.78, 5) is 35.3. The van der Waals surface area contributed by atoms with E-state index in [-0.39, 0.29) is 30.7 Å². The van der Waals surface area contributed by atoms with Crippen molar-refractivity contribution >= 4 is 17.7 Å².